The number of allylic oxidation sites excluding steroid dienone is 1. The lowest BCUT2D eigenvalue weighted by molar-refractivity contribution is -0.134. The van der Waals surface area contributed by atoms with Crippen molar-refractivity contribution in [1.82, 2.24) is 5.32 Å². The predicted molar refractivity (Wildman–Crippen MR) is 78.3 cm³/mol. The first-order valence-corrected chi connectivity index (χ1v) is 6.89. The first kappa shape index (κ1) is 14.8. The summed E-state index contributed by atoms with van der Waals surface area (Å²) in [5, 5.41) is 12.2. The van der Waals surface area contributed by atoms with Crippen LogP contribution in [0.3, 0.4) is 0 Å². The van der Waals surface area contributed by atoms with Crippen LogP contribution in [0.5, 0.6) is 0 Å². The standard InChI is InChI=1S/C16H21NO3/c1-11(9-16(19)20-2)12-3-5-14-13(10-12)4-6-15(14)17-7-8-18/h3,5,9-10,15,17-18H,4,6-8H2,1-2H3/b11-9+/t15-/m0/s1. The van der Waals surface area contributed by atoms with E-state index in [1.807, 2.05) is 13.0 Å². The molecule has 0 heterocycles. The van der Waals surface area contributed by atoms with Gasteiger partial charge in [0.2, 0.25) is 0 Å². The van der Waals surface area contributed by atoms with E-state index in [1.54, 1.807) is 0 Å². The van der Waals surface area contributed by atoms with E-state index in [0.717, 1.165) is 24.0 Å². The summed E-state index contributed by atoms with van der Waals surface area (Å²) in [5.41, 5.74) is 4.58. The molecule has 4 nitrogen and oxygen atoms in total. The van der Waals surface area contributed by atoms with Crippen LogP contribution in [0, 0.1) is 0 Å². The molecule has 0 saturated carbocycles. The maximum Gasteiger partial charge on any atom is 0.330 e. The lowest BCUT2D eigenvalue weighted by Gasteiger charge is -2.13. The molecule has 0 aromatic heterocycles. The number of fused-ring (bicyclic) bond motifs is 1. The molecule has 4 heteroatoms. The summed E-state index contributed by atoms with van der Waals surface area (Å²) in [5.74, 6) is -0.328. The summed E-state index contributed by atoms with van der Waals surface area (Å²) in [6, 6.07) is 6.62. The van der Waals surface area contributed by atoms with E-state index in [2.05, 4.69) is 22.2 Å². The maximum absolute atomic E-state index is 11.3. The largest absolute Gasteiger partial charge is 0.466 e. The van der Waals surface area contributed by atoms with E-state index in [-0.39, 0.29) is 12.6 Å². The quantitative estimate of drug-likeness (QED) is 0.636. The normalized spacial score (nSPS) is 17.9. The number of aryl methyl sites for hydroxylation is 1. The Morgan fingerprint density at radius 3 is 3.05 bits per heavy atom. The lowest BCUT2D eigenvalue weighted by atomic mass is 10.0. The molecule has 1 aliphatic carbocycles. The van der Waals surface area contributed by atoms with Gasteiger partial charge in [0, 0.05) is 18.7 Å². The Hall–Kier alpha value is -1.65. The minimum Gasteiger partial charge on any atom is -0.466 e. The van der Waals surface area contributed by atoms with E-state index in [1.165, 1.54) is 24.3 Å². The molecule has 108 valence electrons. The Kier molecular flexibility index (Phi) is 4.93. The molecule has 2 N–H and O–H groups in total. The van der Waals surface area contributed by atoms with E-state index in [4.69, 9.17) is 5.11 Å². The maximum atomic E-state index is 11.3. The summed E-state index contributed by atoms with van der Waals surface area (Å²) in [6.45, 7) is 2.69. The van der Waals surface area contributed by atoms with Gasteiger partial charge in [0.05, 0.1) is 13.7 Å². The van der Waals surface area contributed by atoms with Crippen molar-refractivity contribution in [2.75, 3.05) is 20.3 Å². The Bertz CT molecular complexity index is 522. The first-order valence-electron chi connectivity index (χ1n) is 6.89. The highest BCUT2D eigenvalue weighted by Crippen LogP contribution is 2.32. The Balaban J connectivity index is 2.17. The van der Waals surface area contributed by atoms with Crippen LogP contribution < -0.4 is 5.32 Å². The molecule has 1 aromatic carbocycles. The third-order valence-corrected chi connectivity index (χ3v) is 3.71. The molecule has 20 heavy (non-hydrogen) atoms. The molecule has 1 aromatic rings. The van der Waals surface area contributed by atoms with Crippen molar-refractivity contribution in [2.45, 2.75) is 25.8 Å². The monoisotopic (exact) mass is 275 g/mol. The number of benzene rings is 1. The number of esters is 1. The van der Waals surface area contributed by atoms with Crippen LogP contribution in [0.4, 0.5) is 0 Å². The molecule has 0 amide bonds. The summed E-state index contributed by atoms with van der Waals surface area (Å²) in [7, 11) is 1.38. The fourth-order valence-corrected chi connectivity index (χ4v) is 2.63. The van der Waals surface area contributed by atoms with Crippen LogP contribution in [0.1, 0.15) is 36.1 Å². The van der Waals surface area contributed by atoms with Gasteiger partial charge in [0.1, 0.15) is 0 Å². The van der Waals surface area contributed by atoms with Gasteiger partial charge in [-0.3, -0.25) is 0 Å². The minimum atomic E-state index is -0.328. The van der Waals surface area contributed by atoms with Crippen molar-refractivity contribution in [3.63, 3.8) is 0 Å². The number of aliphatic hydroxyl groups excluding tert-OH is 1. The number of ether oxygens (including phenoxy) is 1. The van der Waals surface area contributed by atoms with Crippen molar-refractivity contribution in [3.05, 3.63) is 41.0 Å². The zero-order chi connectivity index (χ0) is 14.5. The molecule has 0 unspecified atom stereocenters. The molecule has 2 rings (SSSR count). The van der Waals surface area contributed by atoms with E-state index in [9.17, 15) is 4.79 Å². The lowest BCUT2D eigenvalue weighted by Crippen LogP contribution is -2.22. The van der Waals surface area contributed by atoms with Gasteiger partial charge in [0.15, 0.2) is 0 Å². The van der Waals surface area contributed by atoms with Gasteiger partial charge < -0.3 is 15.2 Å². The van der Waals surface area contributed by atoms with Crippen LogP contribution >= 0.6 is 0 Å². The zero-order valence-corrected chi connectivity index (χ0v) is 12.0. The second-order valence-electron chi connectivity index (χ2n) is 5.03. The predicted octanol–water partition coefficient (Wildman–Crippen LogP) is 1.83. The molecule has 0 radical (unpaired) electrons. The number of rotatable bonds is 5. The van der Waals surface area contributed by atoms with Crippen LogP contribution in [0.2, 0.25) is 0 Å². The zero-order valence-electron chi connectivity index (χ0n) is 12.0. The average Bonchev–Trinajstić information content (AvgIpc) is 2.87. The molecule has 0 fully saturated rings. The molecular formula is C16H21NO3. The number of methoxy groups -OCH3 is 1. The molecule has 0 spiro atoms. The number of hydrogen-bond donors (Lipinski definition) is 2. The summed E-state index contributed by atoms with van der Waals surface area (Å²) < 4.78 is 4.65. The molecule has 1 atom stereocenters. The third kappa shape index (κ3) is 3.26. The van der Waals surface area contributed by atoms with Crippen LogP contribution in [-0.2, 0) is 16.0 Å². The summed E-state index contributed by atoms with van der Waals surface area (Å²) in [6.07, 6.45) is 3.59. The van der Waals surface area contributed by atoms with E-state index in [0.29, 0.717) is 12.6 Å². The number of hydrogen-bond acceptors (Lipinski definition) is 4. The van der Waals surface area contributed by atoms with Crippen LogP contribution in [0.25, 0.3) is 5.57 Å². The van der Waals surface area contributed by atoms with Gasteiger partial charge in [-0.2, -0.15) is 0 Å². The van der Waals surface area contributed by atoms with Gasteiger partial charge in [-0.1, -0.05) is 18.2 Å². The minimum absolute atomic E-state index is 0.158. The molecule has 0 saturated heterocycles. The average molecular weight is 275 g/mol. The highest BCUT2D eigenvalue weighted by atomic mass is 16.5. The van der Waals surface area contributed by atoms with Gasteiger partial charge in [0.25, 0.3) is 0 Å². The fraction of sp³-hybridized carbons (Fsp3) is 0.438. The molecule has 1 aliphatic rings. The van der Waals surface area contributed by atoms with Crippen LogP contribution in [0.15, 0.2) is 24.3 Å². The fourth-order valence-electron chi connectivity index (χ4n) is 2.63. The number of nitrogens with one attached hydrogen (secondary N) is 1. The van der Waals surface area contributed by atoms with E-state index < -0.39 is 0 Å². The first-order chi connectivity index (χ1) is 9.65. The van der Waals surface area contributed by atoms with E-state index >= 15 is 0 Å². The summed E-state index contributed by atoms with van der Waals surface area (Å²) in [4.78, 5) is 11.3. The van der Waals surface area contributed by atoms with Gasteiger partial charge in [-0.15, -0.1) is 0 Å². The highest BCUT2D eigenvalue weighted by molar-refractivity contribution is 5.90. The molecule has 0 aliphatic heterocycles. The second kappa shape index (κ2) is 6.68. The number of carbonyl (C=O) groups is 1. The smallest absolute Gasteiger partial charge is 0.330 e. The Morgan fingerprint density at radius 1 is 1.55 bits per heavy atom. The number of carbonyl (C=O) groups excluding carboxylic acids is 1. The van der Waals surface area contributed by atoms with Gasteiger partial charge in [-0.05, 0) is 42.0 Å². The van der Waals surface area contributed by atoms with Gasteiger partial charge in [-0.25, -0.2) is 4.79 Å². The van der Waals surface area contributed by atoms with Crippen molar-refractivity contribution < 1.29 is 14.6 Å². The van der Waals surface area contributed by atoms with Crippen LogP contribution in [-0.4, -0.2) is 31.3 Å². The highest BCUT2D eigenvalue weighted by Gasteiger charge is 2.21. The Labute approximate surface area is 119 Å². The van der Waals surface area contributed by atoms with Gasteiger partial charge >= 0.3 is 5.97 Å². The van der Waals surface area contributed by atoms with Crippen molar-refractivity contribution in [2.24, 2.45) is 0 Å². The van der Waals surface area contributed by atoms with Crippen molar-refractivity contribution in [3.8, 4) is 0 Å². The summed E-state index contributed by atoms with van der Waals surface area (Å²) >= 11 is 0. The topological polar surface area (TPSA) is 58.6 Å². The Morgan fingerprint density at radius 2 is 2.35 bits per heavy atom. The third-order valence-electron chi connectivity index (χ3n) is 3.71. The SMILES string of the molecule is COC(=O)/C=C(\C)c1ccc2c(c1)CC[C@@H]2NCCO. The molecular weight excluding hydrogens is 254 g/mol. The molecule has 0 bridgehead atoms. The van der Waals surface area contributed by atoms with Crippen molar-refractivity contribution >= 4 is 11.5 Å². The number of aliphatic hydroxyl groups is 1. The second-order valence-corrected chi connectivity index (χ2v) is 5.03. The van der Waals surface area contributed by atoms with Crippen molar-refractivity contribution in [1.29, 1.82) is 0 Å².